The number of nitrogens with zero attached hydrogens (tertiary/aromatic N) is 2. The van der Waals surface area contributed by atoms with Gasteiger partial charge in [-0.25, -0.2) is 4.79 Å². The van der Waals surface area contributed by atoms with Crippen molar-refractivity contribution >= 4 is 18.2 Å². The first kappa shape index (κ1) is 12.9. The third kappa shape index (κ3) is 2.11. The molecule has 1 saturated heterocycles. The van der Waals surface area contributed by atoms with Crippen LogP contribution in [-0.4, -0.2) is 28.7 Å². The standard InChI is InChI=1S/C14H17N3O3/c1-10-5-6-11(20-10)9-15-17-12(18)14(16-13(17)19)7-3-2-4-8-14/h5-6,9H,2-4,7-8H2,1H3,(H,16,19)/b15-9+. The number of carbonyl (C=O) groups excluding carboxylic acids is 2. The molecule has 1 aromatic heterocycles. The van der Waals surface area contributed by atoms with Crippen LogP contribution in [0.1, 0.15) is 43.6 Å². The topological polar surface area (TPSA) is 74.9 Å². The molecule has 6 heteroatoms. The molecular weight excluding hydrogens is 258 g/mol. The van der Waals surface area contributed by atoms with Gasteiger partial charge in [0, 0.05) is 0 Å². The van der Waals surface area contributed by atoms with E-state index in [4.69, 9.17) is 4.42 Å². The Balaban J connectivity index is 1.78. The van der Waals surface area contributed by atoms with Gasteiger partial charge in [-0.2, -0.15) is 5.10 Å². The Morgan fingerprint density at radius 1 is 1.30 bits per heavy atom. The molecule has 2 heterocycles. The molecule has 1 aliphatic heterocycles. The molecule has 1 N–H and O–H groups in total. The van der Waals surface area contributed by atoms with Crippen LogP contribution in [0.15, 0.2) is 21.7 Å². The molecule has 106 valence electrons. The van der Waals surface area contributed by atoms with Crippen LogP contribution in [0, 0.1) is 6.92 Å². The van der Waals surface area contributed by atoms with Gasteiger partial charge in [0.1, 0.15) is 17.1 Å². The Morgan fingerprint density at radius 3 is 2.70 bits per heavy atom. The van der Waals surface area contributed by atoms with E-state index in [0.29, 0.717) is 18.6 Å². The lowest BCUT2D eigenvalue weighted by molar-refractivity contribution is -0.132. The minimum atomic E-state index is -0.730. The van der Waals surface area contributed by atoms with Crippen molar-refractivity contribution in [2.24, 2.45) is 5.10 Å². The quantitative estimate of drug-likeness (QED) is 0.664. The maximum Gasteiger partial charge on any atom is 0.346 e. The van der Waals surface area contributed by atoms with Crippen LogP contribution in [0.25, 0.3) is 0 Å². The summed E-state index contributed by atoms with van der Waals surface area (Å²) in [5.74, 6) is 1.03. The van der Waals surface area contributed by atoms with Crippen molar-refractivity contribution < 1.29 is 14.0 Å². The number of furan rings is 1. The normalized spacial score (nSPS) is 21.9. The van der Waals surface area contributed by atoms with Crippen LogP contribution < -0.4 is 5.32 Å². The molecule has 0 radical (unpaired) electrons. The third-order valence-electron chi connectivity index (χ3n) is 3.91. The van der Waals surface area contributed by atoms with E-state index in [9.17, 15) is 9.59 Å². The second kappa shape index (κ2) is 4.77. The molecule has 3 rings (SSSR count). The zero-order valence-corrected chi connectivity index (χ0v) is 11.4. The van der Waals surface area contributed by atoms with E-state index in [1.54, 1.807) is 12.1 Å². The summed E-state index contributed by atoms with van der Waals surface area (Å²) in [7, 11) is 0. The lowest BCUT2D eigenvalue weighted by atomic mass is 9.82. The SMILES string of the molecule is Cc1ccc(/C=N/N2C(=O)NC3(CCCCC3)C2=O)o1. The van der Waals surface area contributed by atoms with Gasteiger partial charge in [-0.3, -0.25) is 4.79 Å². The molecule has 0 unspecified atom stereocenters. The predicted octanol–water partition coefficient (Wildman–Crippen LogP) is 2.18. The van der Waals surface area contributed by atoms with E-state index in [1.807, 2.05) is 6.92 Å². The molecule has 6 nitrogen and oxygen atoms in total. The molecule has 1 aliphatic carbocycles. The number of amides is 3. The number of hydrazone groups is 1. The number of imide groups is 1. The van der Waals surface area contributed by atoms with Gasteiger partial charge in [0.15, 0.2) is 0 Å². The average molecular weight is 275 g/mol. The second-order valence-electron chi connectivity index (χ2n) is 5.38. The maximum atomic E-state index is 12.4. The molecule has 0 atom stereocenters. The molecule has 1 aromatic rings. The molecule has 3 amide bonds. The predicted molar refractivity (Wildman–Crippen MR) is 72.2 cm³/mol. The summed E-state index contributed by atoms with van der Waals surface area (Å²) in [6.45, 7) is 1.82. The molecular formula is C14H17N3O3. The second-order valence-corrected chi connectivity index (χ2v) is 5.38. The van der Waals surface area contributed by atoms with Crippen LogP contribution in [0.5, 0.6) is 0 Å². The summed E-state index contributed by atoms with van der Waals surface area (Å²) in [5.41, 5.74) is -0.730. The zero-order chi connectivity index (χ0) is 14.2. The highest BCUT2D eigenvalue weighted by molar-refractivity contribution is 6.07. The zero-order valence-electron chi connectivity index (χ0n) is 11.4. The first-order chi connectivity index (χ1) is 9.61. The van der Waals surface area contributed by atoms with Gasteiger partial charge in [0.2, 0.25) is 0 Å². The first-order valence-corrected chi connectivity index (χ1v) is 6.88. The maximum absolute atomic E-state index is 12.4. The van der Waals surface area contributed by atoms with E-state index in [0.717, 1.165) is 30.0 Å². The highest BCUT2D eigenvalue weighted by atomic mass is 16.3. The molecule has 1 saturated carbocycles. The van der Waals surface area contributed by atoms with Gasteiger partial charge in [-0.1, -0.05) is 19.3 Å². The van der Waals surface area contributed by atoms with Gasteiger partial charge < -0.3 is 9.73 Å². The van der Waals surface area contributed by atoms with Gasteiger partial charge in [0.05, 0.1) is 6.21 Å². The van der Waals surface area contributed by atoms with Crippen LogP contribution in [0.2, 0.25) is 0 Å². The molecule has 0 aromatic carbocycles. The van der Waals surface area contributed by atoms with Crippen molar-refractivity contribution in [2.45, 2.75) is 44.6 Å². The number of hydrogen-bond acceptors (Lipinski definition) is 4. The highest BCUT2D eigenvalue weighted by Gasteiger charge is 2.51. The van der Waals surface area contributed by atoms with Gasteiger partial charge in [-0.05, 0) is 31.9 Å². The van der Waals surface area contributed by atoms with Crippen molar-refractivity contribution in [1.29, 1.82) is 0 Å². The van der Waals surface area contributed by atoms with Crippen molar-refractivity contribution in [2.75, 3.05) is 0 Å². The fraction of sp³-hybridized carbons (Fsp3) is 0.500. The van der Waals surface area contributed by atoms with E-state index in [-0.39, 0.29) is 5.91 Å². The Kier molecular flexibility index (Phi) is 3.08. The van der Waals surface area contributed by atoms with Gasteiger partial charge in [-0.15, -0.1) is 5.01 Å². The lowest BCUT2D eigenvalue weighted by Crippen LogP contribution is -2.48. The molecule has 2 aliphatic rings. The highest BCUT2D eigenvalue weighted by Crippen LogP contribution is 2.33. The van der Waals surface area contributed by atoms with E-state index >= 15 is 0 Å². The number of nitrogens with one attached hydrogen (secondary N) is 1. The number of urea groups is 1. The van der Waals surface area contributed by atoms with Gasteiger partial charge >= 0.3 is 6.03 Å². The van der Waals surface area contributed by atoms with Crippen molar-refractivity contribution in [3.8, 4) is 0 Å². The number of aryl methyl sites for hydroxylation is 1. The Labute approximate surface area is 116 Å². The molecule has 1 spiro atoms. The van der Waals surface area contributed by atoms with Gasteiger partial charge in [0.25, 0.3) is 5.91 Å². The van der Waals surface area contributed by atoms with Crippen LogP contribution in [0.4, 0.5) is 4.79 Å². The summed E-state index contributed by atoms with van der Waals surface area (Å²) in [4.78, 5) is 24.4. The van der Waals surface area contributed by atoms with Crippen LogP contribution in [-0.2, 0) is 4.79 Å². The summed E-state index contributed by atoms with van der Waals surface area (Å²) in [6, 6.07) is 3.10. The summed E-state index contributed by atoms with van der Waals surface area (Å²) in [6.07, 6.45) is 5.82. The van der Waals surface area contributed by atoms with Crippen LogP contribution in [0.3, 0.4) is 0 Å². The van der Waals surface area contributed by atoms with E-state index < -0.39 is 11.6 Å². The number of rotatable bonds is 2. The lowest BCUT2D eigenvalue weighted by Gasteiger charge is -2.29. The van der Waals surface area contributed by atoms with Crippen LogP contribution >= 0.6 is 0 Å². The Bertz CT molecular complexity index is 570. The Morgan fingerprint density at radius 2 is 2.05 bits per heavy atom. The van der Waals surface area contributed by atoms with Crippen molar-refractivity contribution in [1.82, 2.24) is 10.3 Å². The molecule has 0 bridgehead atoms. The fourth-order valence-corrected chi connectivity index (χ4v) is 2.84. The van der Waals surface area contributed by atoms with Crippen molar-refractivity contribution in [3.05, 3.63) is 23.7 Å². The van der Waals surface area contributed by atoms with E-state index in [1.165, 1.54) is 6.21 Å². The van der Waals surface area contributed by atoms with E-state index in [2.05, 4.69) is 10.4 Å². The summed E-state index contributed by atoms with van der Waals surface area (Å²) in [5, 5.41) is 7.69. The Hall–Kier alpha value is -2.11. The summed E-state index contributed by atoms with van der Waals surface area (Å²) < 4.78 is 5.33. The minimum Gasteiger partial charge on any atom is -0.460 e. The first-order valence-electron chi connectivity index (χ1n) is 6.88. The third-order valence-corrected chi connectivity index (χ3v) is 3.91. The smallest absolute Gasteiger partial charge is 0.346 e. The molecule has 2 fully saturated rings. The number of carbonyl (C=O) groups is 2. The molecule has 20 heavy (non-hydrogen) atoms. The minimum absolute atomic E-state index is 0.248. The summed E-state index contributed by atoms with van der Waals surface area (Å²) >= 11 is 0. The number of hydrogen-bond donors (Lipinski definition) is 1. The fourth-order valence-electron chi connectivity index (χ4n) is 2.84. The van der Waals surface area contributed by atoms with Crippen molar-refractivity contribution in [3.63, 3.8) is 0 Å². The average Bonchev–Trinajstić information content (AvgIpc) is 2.93. The largest absolute Gasteiger partial charge is 0.460 e. The monoisotopic (exact) mass is 275 g/mol.